The van der Waals surface area contributed by atoms with Gasteiger partial charge in [-0.15, -0.1) is 0 Å². The first-order valence-corrected chi connectivity index (χ1v) is 9.95. The van der Waals surface area contributed by atoms with Crippen molar-refractivity contribution in [2.45, 2.75) is 64.1 Å². The van der Waals surface area contributed by atoms with Gasteiger partial charge in [0.15, 0.2) is 0 Å². The van der Waals surface area contributed by atoms with Crippen molar-refractivity contribution in [1.29, 1.82) is 0 Å². The van der Waals surface area contributed by atoms with Crippen LogP contribution in [0.25, 0.3) is 0 Å². The summed E-state index contributed by atoms with van der Waals surface area (Å²) in [6, 6.07) is 7.68. The average Bonchev–Trinajstić information content (AvgIpc) is 2.65. The molecule has 1 aliphatic carbocycles. The molecular weight excluding hydrogens is 344 g/mol. The molecular formula is C21H30N2O4. The van der Waals surface area contributed by atoms with Crippen LogP contribution < -0.4 is 15.4 Å². The van der Waals surface area contributed by atoms with Gasteiger partial charge in [0.1, 0.15) is 5.75 Å². The van der Waals surface area contributed by atoms with Gasteiger partial charge in [-0.25, -0.2) is 0 Å². The Bertz CT molecular complexity index is 655. The highest BCUT2D eigenvalue weighted by atomic mass is 16.5. The molecule has 2 unspecified atom stereocenters. The van der Waals surface area contributed by atoms with E-state index in [1.54, 1.807) is 0 Å². The Morgan fingerprint density at radius 2 is 1.74 bits per heavy atom. The number of benzene rings is 1. The number of carbonyl (C=O) groups excluding carboxylic acids is 2. The molecule has 3 rings (SSSR count). The molecule has 148 valence electrons. The lowest BCUT2D eigenvalue weighted by Crippen LogP contribution is -2.59. The number of amides is 2. The first kappa shape index (κ1) is 19.7. The van der Waals surface area contributed by atoms with E-state index in [1.165, 1.54) is 0 Å². The Morgan fingerprint density at radius 1 is 1.07 bits per heavy atom. The number of ether oxygens (including phenoxy) is 2. The van der Waals surface area contributed by atoms with Crippen LogP contribution >= 0.6 is 0 Å². The van der Waals surface area contributed by atoms with Crippen LogP contribution in [0.3, 0.4) is 0 Å². The molecule has 0 aromatic heterocycles. The Hall–Kier alpha value is -2.08. The standard InChI is InChI=1S/C21H30N2O4/c1-14(2)27-19-6-4-3-5-16(19)13-20(24)22-17-7-8-18(17)23-21(25)15-9-11-26-12-10-15/h3-6,14-15,17-18H,7-13H2,1-2H3,(H,22,24)(H,23,25). The van der Waals surface area contributed by atoms with E-state index in [4.69, 9.17) is 9.47 Å². The third kappa shape index (κ3) is 5.45. The topological polar surface area (TPSA) is 76.7 Å². The maximum atomic E-state index is 12.5. The smallest absolute Gasteiger partial charge is 0.224 e. The Labute approximate surface area is 161 Å². The van der Waals surface area contributed by atoms with E-state index in [0.717, 1.165) is 37.0 Å². The molecule has 2 fully saturated rings. The van der Waals surface area contributed by atoms with Crippen molar-refractivity contribution in [2.24, 2.45) is 5.92 Å². The number of hydrogen-bond acceptors (Lipinski definition) is 4. The van der Waals surface area contributed by atoms with Gasteiger partial charge in [0, 0.05) is 36.8 Å². The summed E-state index contributed by atoms with van der Waals surface area (Å²) in [4.78, 5) is 24.9. The zero-order chi connectivity index (χ0) is 19.2. The van der Waals surface area contributed by atoms with Crippen LogP contribution in [-0.2, 0) is 20.7 Å². The number of para-hydroxylation sites is 1. The summed E-state index contributed by atoms with van der Waals surface area (Å²) in [6.45, 7) is 5.25. The average molecular weight is 374 g/mol. The van der Waals surface area contributed by atoms with Crippen LogP contribution in [0.15, 0.2) is 24.3 Å². The highest BCUT2D eigenvalue weighted by Crippen LogP contribution is 2.24. The van der Waals surface area contributed by atoms with Gasteiger partial charge >= 0.3 is 0 Å². The van der Waals surface area contributed by atoms with Crippen molar-refractivity contribution >= 4 is 11.8 Å². The fourth-order valence-electron chi connectivity index (χ4n) is 3.56. The minimum absolute atomic E-state index is 0.0134. The van der Waals surface area contributed by atoms with Gasteiger partial charge in [-0.2, -0.15) is 0 Å². The fourth-order valence-corrected chi connectivity index (χ4v) is 3.56. The van der Waals surface area contributed by atoms with E-state index in [0.29, 0.717) is 13.2 Å². The quantitative estimate of drug-likeness (QED) is 0.767. The van der Waals surface area contributed by atoms with Gasteiger partial charge in [0.05, 0.1) is 12.5 Å². The monoisotopic (exact) mass is 374 g/mol. The third-order valence-corrected chi connectivity index (χ3v) is 5.23. The molecule has 0 bridgehead atoms. The predicted molar refractivity (Wildman–Crippen MR) is 103 cm³/mol. The number of nitrogens with one attached hydrogen (secondary N) is 2. The van der Waals surface area contributed by atoms with Crippen LogP contribution in [0.4, 0.5) is 0 Å². The highest BCUT2D eigenvalue weighted by molar-refractivity contribution is 5.81. The highest BCUT2D eigenvalue weighted by Gasteiger charge is 2.35. The Balaban J connectivity index is 1.49. The molecule has 1 heterocycles. The zero-order valence-electron chi connectivity index (χ0n) is 16.2. The van der Waals surface area contributed by atoms with E-state index in [1.807, 2.05) is 38.1 Å². The van der Waals surface area contributed by atoms with Crippen LogP contribution in [-0.4, -0.2) is 43.2 Å². The maximum Gasteiger partial charge on any atom is 0.224 e. The van der Waals surface area contributed by atoms with E-state index >= 15 is 0 Å². The zero-order valence-corrected chi connectivity index (χ0v) is 16.2. The fraction of sp³-hybridized carbons (Fsp3) is 0.619. The lowest BCUT2D eigenvalue weighted by atomic mass is 9.85. The second kappa shape index (κ2) is 9.22. The normalized spacial score (nSPS) is 22.8. The number of carbonyl (C=O) groups is 2. The van der Waals surface area contributed by atoms with Gasteiger partial charge in [-0.1, -0.05) is 18.2 Å². The third-order valence-electron chi connectivity index (χ3n) is 5.23. The first-order chi connectivity index (χ1) is 13.0. The van der Waals surface area contributed by atoms with Crippen LogP contribution in [0, 0.1) is 5.92 Å². The molecule has 2 amide bonds. The summed E-state index contributed by atoms with van der Waals surface area (Å²) in [5.74, 6) is 0.846. The van der Waals surface area contributed by atoms with Gasteiger partial charge in [0.25, 0.3) is 0 Å². The van der Waals surface area contributed by atoms with E-state index in [-0.39, 0.29) is 42.3 Å². The van der Waals surface area contributed by atoms with Crippen molar-refractivity contribution < 1.29 is 19.1 Å². The molecule has 2 atom stereocenters. The summed E-state index contributed by atoms with van der Waals surface area (Å²) in [7, 11) is 0. The molecule has 0 spiro atoms. The van der Waals surface area contributed by atoms with Crippen LogP contribution in [0.2, 0.25) is 0 Å². The van der Waals surface area contributed by atoms with E-state index < -0.39 is 0 Å². The van der Waals surface area contributed by atoms with Crippen molar-refractivity contribution in [3.05, 3.63) is 29.8 Å². The Kier molecular flexibility index (Phi) is 6.72. The van der Waals surface area contributed by atoms with Gasteiger partial charge in [-0.05, 0) is 45.6 Å². The molecule has 1 aromatic rings. The van der Waals surface area contributed by atoms with Gasteiger partial charge in [0.2, 0.25) is 11.8 Å². The van der Waals surface area contributed by atoms with Gasteiger partial charge < -0.3 is 20.1 Å². The SMILES string of the molecule is CC(C)Oc1ccccc1CC(=O)NC1CCC1NC(=O)C1CCOCC1. The molecule has 2 N–H and O–H groups in total. The molecule has 1 aliphatic heterocycles. The molecule has 2 aliphatic rings. The van der Waals surface area contributed by atoms with Crippen molar-refractivity contribution in [3.63, 3.8) is 0 Å². The van der Waals surface area contributed by atoms with Crippen LogP contribution in [0.1, 0.15) is 45.1 Å². The van der Waals surface area contributed by atoms with Crippen LogP contribution in [0.5, 0.6) is 5.75 Å². The molecule has 1 aromatic carbocycles. The lowest BCUT2D eigenvalue weighted by molar-refractivity contribution is -0.130. The van der Waals surface area contributed by atoms with Crippen molar-refractivity contribution in [2.75, 3.05) is 13.2 Å². The van der Waals surface area contributed by atoms with Gasteiger partial charge in [-0.3, -0.25) is 9.59 Å². The second-order valence-corrected chi connectivity index (χ2v) is 7.70. The van der Waals surface area contributed by atoms with E-state index in [2.05, 4.69) is 10.6 Å². The minimum atomic E-state index is -0.0372. The molecule has 27 heavy (non-hydrogen) atoms. The summed E-state index contributed by atoms with van der Waals surface area (Å²) in [6.07, 6.45) is 3.71. The maximum absolute atomic E-state index is 12.5. The Morgan fingerprint density at radius 3 is 2.41 bits per heavy atom. The predicted octanol–water partition coefficient (Wildman–Crippen LogP) is 2.21. The summed E-state index contributed by atoms with van der Waals surface area (Å²) in [5.41, 5.74) is 0.880. The lowest BCUT2D eigenvalue weighted by Gasteiger charge is -2.38. The first-order valence-electron chi connectivity index (χ1n) is 9.95. The molecule has 1 saturated carbocycles. The van der Waals surface area contributed by atoms with E-state index in [9.17, 15) is 9.59 Å². The molecule has 0 radical (unpaired) electrons. The van der Waals surface area contributed by atoms with Crippen molar-refractivity contribution in [3.8, 4) is 5.75 Å². The summed E-state index contributed by atoms with van der Waals surface area (Å²) in [5, 5.41) is 6.18. The molecule has 6 nitrogen and oxygen atoms in total. The number of rotatable bonds is 7. The summed E-state index contributed by atoms with van der Waals surface area (Å²) >= 11 is 0. The van der Waals surface area contributed by atoms with Crippen molar-refractivity contribution in [1.82, 2.24) is 10.6 Å². The second-order valence-electron chi connectivity index (χ2n) is 7.70. The number of hydrogen-bond donors (Lipinski definition) is 2. The summed E-state index contributed by atoms with van der Waals surface area (Å²) < 4.78 is 11.1. The molecule has 6 heteroatoms. The minimum Gasteiger partial charge on any atom is -0.491 e. The molecule has 1 saturated heterocycles. The largest absolute Gasteiger partial charge is 0.491 e.